The predicted octanol–water partition coefficient (Wildman–Crippen LogP) is 3.98. The van der Waals surface area contributed by atoms with Crippen LogP contribution in [-0.4, -0.2) is 152 Å². The van der Waals surface area contributed by atoms with Crippen LogP contribution in [0.3, 0.4) is 0 Å². The number of thioether (sulfide) groups is 1. The second-order valence-corrected chi connectivity index (χ2v) is 20.2. The van der Waals surface area contributed by atoms with Crippen molar-refractivity contribution in [1.82, 2.24) is 32.1 Å². The second-order valence-electron chi connectivity index (χ2n) is 18.9. The molecule has 0 spiro atoms. The number of ether oxygens (including phenoxy) is 7. The Morgan fingerprint density at radius 1 is 0.597 bits per heavy atom. The van der Waals surface area contributed by atoms with Gasteiger partial charge in [0, 0.05) is 49.4 Å². The van der Waals surface area contributed by atoms with Gasteiger partial charge >= 0.3 is 36.2 Å². The number of hydrogen-bond acceptors (Lipinski definition) is 18. The van der Waals surface area contributed by atoms with Crippen molar-refractivity contribution >= 4 is 65.7 Å². The zero-order valence-electron chi connectivity index (χ0n) is 43.8. The number of nitrogens with one attached hydrogen (secondary N) is 6. The number of alkyl carbamates (subject to hydrolysis) is 3. The zero-order valence-corrected chi connectivity index (χ0v) is 44.6. The summed E-state index contributed by atoms with van der Waals surface area (Å²) < 4.78 is 35.5. The van der Waals surface area contributed by atoms with Gasteiger partial charge in [-0.3, -0.25) is 19.2 Å². The summed E-state index contributed by atoms with van der Waals surface area (Å²) in [4.78, 5) is 111. The standard InChI is InChI=1S/2C16H26N2O6.C16H26N2O5S/c1-5-22-13(19)7-6-12(17-15(21)24-16(2,3)4)10-11-8-9-23-18-14(11)20;1-5-22-13(19)7-6-11(18-15(21)24-16(2,3)4)10-12-14(20)17-8-9-23-12;1-5-22-13(19)7-6-11(18-15(21)23-16(2,3)4)10-12-14(20)17-8-9-24-12/h6-7,11-12H,5,8-10H2,1-4H3,(H,17,21)(H,18,20);2*6-7,11-12H,5,8-10H2,1-4H3,(H,17,20)(H,18,21)/t3*11-,12+/m011/s1. The Labute approximate surface area is 427 Å². The third-order valence-corrected chi connectivity index (χ3v) is 10.2. The molecule has 3 heterocycles. The van der Waals surface area contributed by atoms with Crippen molar-refractivity contribution in [3.05, 3.63) is 36.5 Å². The summed E-state index contributed by atoms with van der Waals surface area (Å²) in [5, 5.41) is 13.2. The van der Waals surface area contributed by atoms with E-state index in [1.165, 1.54) is 48.2 Å². The number of carbonyl (C=O) groups excluding carboxylic acids is 9. The third-order valence-electron chi connectivity index (χ3n) is 8.97. The smallest absolute Gasteiger partial charge is 0.408 e. The van der Waals surface area contributed by atoms with Crippen LogP contribution in [0.1, 0.15) is 109 Å². The summed E-state index contributed by atoms with van der Waals surface area (Å²) in [5.74, 6) is -1.60. The van der Waals surface area contributed by atoms with Crippen LogP contribution < -0.4 is 32.1 Å². The maximum Gasteiger partial charge on any atom is 0.408 e. The van der Waals surface area contributed by atoms with E-state index in [1.807, 2.05) is 0 Å². The van der Waals surface area contributed by atoms with E-state index in [4.69, 9.17) is 38.0 Å². The summed E-state index contributed by atoms with van der Waals surface area (Å²) >= 11 is 1.53. The van der Waals surface area contributed by atoms with E-state index in [2.05, 4.69) is 32.1 Å². The van der Waals surface area contributed by atoms with Crippen LogP contribution in [0, 0.1) is 5.92 Å². The Hall–Kier alpha value is -5.88. The van der Waals surface area contributed by atoms with Gasteiger partial charge in [-0.25, -0.2) is 34.2 Å². The van der Waals surface area contributed by atoms with E-state index < -0.39 is 77.2 Å². The average Bonchev–Trinajstić information content (AvgIpc) is 3.25. The Morgan fingerprint density at radius 2 is 1.01 bits per heavy atom. The van der Waals surface area contributed by atoms with Gasteiger partial charge in [-0.1, -0.05) is 18.2 Å². The first-order valence-corrected chi connectivity index (χ1v) is 24.9. The lowest BCUT2D eigenvalue weighted by molar-refractivity contribution is -0.146. The van der Waals surface area contributed by atoms with Crippen LogP contribution in [0.25, 0.3) is 0 Å². The number of morpholine rings is 1. The molecule has 6 atom stereocenters. The highest BCUT2D eigenvalue weighted by atomic mass is 32.2. The van der Waals surface area contributed by atoms with Gasteiger partial charge in [-0.2, -0.15) is 0 Å². The number of amides is 6. The molecule has 23 nitrogen and oxygen atoms in total. The molecule has 72 heavy (non-hydrogen) atoms. The first-order chi connectivity index (χ1) is 33.6. The average molecular weight is 1040 g/mol. The fourth-order valence-corrected chi connectivity index (χ4v) is 7.18. The maximum absolute atomic E-state index is 12.0. The van der Waals surface area contributed by atoms with Crippen LogP contribution in [0.2, 0.25) is 0 Å². The van der Waals surface area contributed by atoms with Gasteiger partial charge in [-0.05, 0) is 102 Å². The van der Waals surface area contributed by atoms with Crippen molar-refractivity contribution in [3.8, 4) is 0 Å². The minimum absolute atomic E-state index is 0.0632. The topological polar surface area (TPSA) is 300 Å². The molecule has 0 bridgehead atoms. The molecule has 3 saturated heterocycles. The van der Waals surface area contributed by atoms with Gasteiger partial charge in [0.15, 0.2) is 0 Å². The number of esters is 3. The summed E-state index contributed by atoms with van der Waals surface area (Å²) in [6.45, 7) is 23.6. The fraction of sp³-hybridized carbons (Fsp3) is 0.688. The molecule has 6 amide bonds. The number of rotatable bonds is 18. The molecule has 6 N–H and O–H groups in total. The molecule has 0 radical (unpaired) electrons. The largest absolute Gasteiger partial charge is 0.463 e. The number of hydrogen-bond donors (Lipinski definition) is 6. The van der Waals surface area contributed by atoms with Gasteiger partial charge in [0.25, 0.3) is 0 Å². The second kappa shape index (κ2) is 33.0. The van der Waals surface area contributed by atoms with Crippen molar-refractivity contribution in [2.75, 3.05) is 51.9 Å². The van der Waals surface area contributed by atoms with Crippen molar-refractivity contribution in [2.45, 2.75) is 155 Å². The molecule has 0 aromatic rings. The maximum atomic E-state index is 12.0. The highest BCUT2D eigenvalue weighted by Crippen LogP contribution is 2.21. The molecule has 0 aliphatic carbocycles. The van der Waals surface area contributed by atoms with E-state index in [0.29, 0.717) is 45.6 Å². The van der Waals surface area contributed by atoms with Gasteiger partial charge in [-0.15, -0.1) is 11.8 Å². The van der Waals surface area contributed by atoms with Crippen molar-refractivity contribution in [2.24, 2.45) is 5.92 Å². The minimum atomic E-state index is -0.703. The Kier molecular flexibility index (Phi) is 29.4. The minimum Gasteiger partial charge on any atom is -0.463 e. The van der Waals surface area contributed by atoms with Gasteiger partial charge in [0.2, 0.25) is 17.7 Å². The van der Waals surface area contributed by atoms with Crippen LogP contribution >= 0.6 is 11.8 Å². The van der Waals surface area contributed by atoms with Crippen LogP contribution in [0.4, 0.5) is 14.4 Å². The van der Waals surface area contributed by atoms with Crippen LogP contribution in [-0.2, 0) is 66.8 Å². The molecule has 3 rings (SSSR count). The molecular formula is C48H78N6O17S. The first-order valence-electron chi connectivity index (χ1n) is 23.9. The molecule has 3 fully saturated rings. The predicted molar refractivity (Wildman–Crippen MR) is 265 cm³/mol. The Morgan fingerprint density at radius 3 is 1.40 bits per heavy atom. The SMILES string of the molecule is CCOC(=O)C=C[C@H](C[C@@H]1CCONC1=O)NC(=O)OC(C)(C)C.CCOC(=O)C=C[C@H](C[C@@H]1OCCNC1=O)NC(=O)OC(C)(C)C.CCOC(=O)C=C[C@H](C[C@@H]1SCCNC1=O)NC(=O)OC(C)(C)C. The van der Waals surface area contributed by atoms with Gasteiger partial charge < -0.3 is 59.7 Å². The van der Waals surface area contributed by atoms with Gasteiger partial charge in [0.05, 0.1) is 56.4 Å². The summed E-state index contributed by atoms with van der Waals surface area (Å²) in [6.07, 6.45) is 7.06. The van der Waals surface area contributed by atoms with Gasteiger partial charge in [0.1, 0.15) is 22.9 Å². The quantitative estimate of drug-likeness (QED) is 0.0643. The van der Waals surface area contributed by atoms with Crippen LogP contribution in [0.5, 0.6) is 0 Å². The molecule has 0 unspecified atom stereocenters. The highest BCUT2D eigenvalue weighted by Gasteiger charge is 2.30. The highest BCUT2D eigenvalue weighted by molar-refractivity contribution is 8.00. The van der Waals surface area contributed by atoms with Crippen molar-refractivity contribution in [1.29, 1.82) is 0 Å². The molecule has 0 aromatic carbocycles. The lowest BCUT2D eigenvalue weighted by Crippen LogP contribution is -2.48. The van der Waals surface area contributed by atoms with E-state index in [-0.39, 0.29) is 55.1 Å². The summed E-state index contributed by atoms with van der Waals surface area (Å²) in [7, 11) is 0. The van der Waals surface area contributed by atoms with Crippen LogP contribution in [0.15, 0.2) is 36.5 Å². The molecule has 0 aromatic heterocycles. The molecule has 24 heteroatoms. The lowest BCUT2D eigenvalue weighted by atomic mass is 9.95. The lowest BCUT2D eigenvalue weighted by Gasteiger charge is -2.27. The molecule has 408 valence electrons. The summed E-state index contributed by atoms with van der Waals surface area (Å²) in [5.41, 5.74) is 0.389. The zero-order chi connectivity index (χ0) is 54.5. The Bertz CT molecular complexity index is 1670. The van der Waals surface area contributed by atoms with E-state index in [0.717, 1.165) is 5.75 Å². The molecule has 0 saturated carbocycles. The van der Waals surface area contributed by atoms with E-state index >= 15 is 0 Å². The third kappa shape index (κ3) is 31.5. The normalized spacial score (nSPS) is 19.5. The molecular weight excluding hydrogens is 965 g/mol. The summed E-state index contributed by atoms with van der Waals surface area (Å²) in [6, 6.07) is -1.66. The Balaban J connectivity index is 0.000000540. The van der Waals surface area contributed by atoms with Crippen molar-refractivity contribution < 1.29 is 81.1 Å². The van der Waals surface area contributed by atoms with E-state index in [9.17, 15) is 43.2 Å². The molecule has 3 aliphatic heterocycles. The first kappa shape index (κ1) is 64.1. The molecule has 3 aliphatic rings. The van der Waals surface area contributed by atoms with E-state index in [1.54, 1.807) is 83.1 Å². The number of carbonyl (C=O) groups is 9. The van der Waals surface area contributed by atoms with Crippen molar-refractivity contribution in [3.63, 3.8) is 0 Å². The number of hydroxylamine groups is 1. The fourth-order valence-electron chi connectivity index (χ4n) is 6.10. The monoisotopic (exact) mass is 1040 g/mol.